The second-order valence-electron chi connectivity index (χ2n) is 5.51. The monoisotopic (exact) mass is 319 g/mol. The highest BCUT2D eigenvalue weighted by Gasteiger charge is 2.28. The van der Waals surface area contributed by atoms with Crippen LogP contribution in [0.2, 0.25) is 0 Å². The Morgan fingerprint density at radius 3 is 2.57 bits per heavy atom. The number of piperidine rings is 1. The molecule has 1 saturated heterocycles. The summed E-state index contributed by atoms with van der Waals surface area (Å²) in [5, 5.41) is 5.50. The van der Waals surface area contributed by atoms with Gasteiger partial charge in [-0.05, 0) is 31.0 Å². The van der Waals surface area contributed by atoms with Gasteiger partial charge in [0.15, 0.2) is 0 Å². The molecule has 0 spiro atoms. The summed E-state index contributed by atoms with van der Waals surface area (Å²) in [4.78, 5) is 36.6. The summed E-state index contributed by atoms with van der Waals surface area (Å²) in [7, 11) is 1.33. The number of benzene rings is 1. The zero-order valence-corrected chi connectivity index (χ0v) is 13.3. The fraction of sp³-hybridized carbons (Fsp3) is 0.438. The first-order valence-electron chi connectivity index (χ1n) is 7.51. The molecule has 1 aromatic carbocycles. The van der Waals surface area contributed by atoms with Crippen LogP contribution < -0.4 is 10.6 Å². The Labute approximate surface area is 135 Å². The fourth-order valence-electron chi connectivity index (χ4n) is 2.61. The summed E-state index contributed by atoms with van der Waals surface area (Å²) in [5.74, 6) is -0.583. The third-order valence-corrected chi connectivity index (χ3v) is 3.68. The molecule has 1 unspecified atom stereocenters. The van der Waals surface area contributed by atoms with Gasteiger partial charge in [-0.2, -0.15) is 0 Å². The summed E-state index contributed by atoms with van der Waals surface area (Å²) in [6.45, 7) is 2.38. The molecule has 1 aliphatic rings. The number of anilines is 2. The van der Waals surface area contributed by atoms with E-state index in [1.807, 2.05) is 0 Å². The van der Waals surface area contributed by atoms with E-state index in [2.05, 4.69) is 10.6 Å². The van der Waals surface area contributed by atoms with Gasteiger partial charge in [0.25, 0.3) is 0 Å². The molecule has 124 valence electrons. The highest BCUT2D eigenvalue weighted by Crippen LogP contribution is 2.21. The molecule has 1 heterocycles. The van der Waals surface area contributed by atoms with E-state index in [1.54, 1.807) is 29.2 Å². The van der Waals surface area contributed by atoms with E-state index in [0.29, 0.717) is 24.5 Å². The number of nitrogens with zero attached hydrogens (tertiary/aromatic N) is 1. The van der Waals surface area contributed by atoms with Crippen LogP contribution >= 0.6 is 0 Å². The van der Waals surface area contributed by atoms with Gasteiger partial charge in [-0.15, -0.1) is 0 Å². The van der Waals surface area contributed by atoms with Gasteiger partial charge in [0.2, 0.25) is 11.8 Å². The molecule has 2 N–H and O–H groups in total. The Kier molecular flexibility index (Phi) is 5.56. The van der Waals surface area contributed by atoms with Crippen molar-refractivity contribution in [2.75, 3.05) is 30.8 Å². The van der Waals surface area contributed by atoms with Crippen molar-refractivity contribution < 1.29 is 19.1 Å². The van der Waals surface area contributed by atoms with Crippen molar-refractivity contribution in [3.05, 3.63) is 24.3 Å². The van der Waals surface area contributed by atoms with Gasteiger partial charge >= 0.3 is 6.09 Å². The van der Waals surface area contributed by atoms with Gasteiger partial charge in [-0.25, -0.2) is 4.79 Å². The lowest BCUT2D eigenvalue weighted by atomic mass is 9.97. The molecule has 2 rings (SSSR count). The molecule has 0 aliphatic carbocycles. The second kappa shape index (κ2) is 7.62. The minimum absolute atomic E-state index is 0.140. The van der Waals surface area contributed by atoms with E-state index < -0.39 is 6.09 Å². The van der Waals surface area contributed by atoms with E-state index >= 15 is 0 Å². The molecule has 7 nitrogen and oxygen atoms in total. The van der Waals surface area contributed by atoms with Gasteiger partial charge in [0, 0.05) is 31.4 Å². The van der Waals surface area contributed by atoms with Gasteiger partial charge in [-0.3, -0.25) is 9.59 Å². The van der Waals surface area contributed by atoms with Gasteiger partial charge < -0.3 is 20.3 Å². The number of rotatable bonds is 3. The van der Waals surface area contributed by atoms with Crippen LogP contribution in [0.4, 0.5) is 16.2 Å². The van der Waals surface area contributed by atoms with Crippen molar-refractivity contribution in [3.8, 4) is 0 Å². The zero-order chi connectivity index (χ0) is 16.8. The van der Waals surface area contributed by atoms with Crippen molar-refractivity contribution in [2.24, 2.45) is 5.92 Å². The molecule has 0 bridgehead atoms. The Balaban J connectivity index is 1.98. The summed E-state index contributed by atoms with van der Waals surface area (Å²) in [6, 6.07) is 6.95. The second-order valence-corrected chi connectivity index (χ2v) is 5.51. The molecule has 3 amide bonds. The maximum absolute atomic E-state index is 12.4. The normalized spacial score (nSPS) is 17.3. The van der Waals surface area contributed by atoms with Crippen molar-refractivity contribution in [2.45, 2.75) is 19.8 Å². The number of hydrogen-bond donors (Lipinski definition) is 2. The lowest BCUT2D eigenvalue weighted by Gasteiger charge is -2.30. The summed E-state index contributed by atoms with van der Waals surface area (Å²) < 4.78 is 4.70. The highest BCUT2D eigenvalue weighted by atomic mass is 16.5. The average molecular weight is 319 g/mol. The topological polar surface area (TPSA) is 87.7 Å². The van der Waals surface area contributed by atoms with Gasteiger partial charge in [-0.1, -0.05) is 6.07 Å². The number of nitrogens with one attached hydrogen (secondary N) is 2. The van der Waals surface area contributed by atoms with E-state index in [1.165, 1.54) is 14.0 Å². The number of hydrogen-bond acceptors (Lipinski definition) is 4. The average Bonchev–Trinajstić information content (AvgIpc) is 2.54. The van der Waals surface area contributed by atoms with E-state index in [9.17, 15) is 14.4 Å². The van der Waals surface area contributed by atoms with Gasteiger partial charge in [0.05, 0.1) is 13.0 Å². The third-order valence-electron chi connectivity index (χ3n) is 3.68. The van der Waals surface area contributed by atoms with Crippen molar-refractivity contribution >= 4 is 29.3 Å². The molecule has 0 saturated carbocycles. The zero-order valence-electron chi connectivity index (χ0n) is 13.3. The molecule has 0 radical (unpaired) electrons. The summed E-state index contributed by atoms with van der Waals surface area (Å²) in [5.41, 5.74) is 1.23. The molecule has 1 atom stereocenters. The third kappa shape index (κ3) is 4.70. The first-order valence-corrected chi connectivity index (χ1v) is 7.51. The quantitative estimate of drug-likeness (QED) is 0.892. The predicted molar refractivity (Wildman–Crippen MR) is 86.1 cm³/mol. The minimum Gasteiger partial charge on any atom is -0.453 e. The molecular weight excluding hydrogens is 298 g/mol. The number of carbonyl (C=O) groups excluding carboxylic acids is 3. The summed E-state index contributed by atoms with van der Waals surface area (Å²) in [6.07, 6.45) is 1.08. The van der Waals surface area contributed by atoms with Crippen LogP contribution in [0, 0.1) is 5.92 Å². The lowest BCUT2D eigenvalue weighted by molar-refractivity contribution is -0.121. The molecule has 23 heavy (non-hydrogen) atoms. The van der Waals surface area contributed by atoms with E-state index in [-0.39, 0.29) is 17.7 Å². The van der Waals surface area contributed by atoms with Crippen LogP contribution in [0.5, 0.6) is 0 Å². The Morgan fingerprint density at radius 1 is 1.22 bits per heavy atom. The van der Waals surface area contributed by atoms with Crippen LogP contribution in [0.1, 0.15) is 19.8 Å². The molecule has 0 aromatic heterocycles. The molecule has 7 heteroatoms. The highest BCUT2D eigenvalue weighted by molar-refractivity contribution is 5.94. The standard InChI is InChI=1S/C16H21N3O4/c1-11(20)17-13-6-3-7-14(9-13)18-15(21)12-5-4-8-19(10-12)16(22)23-2/h3,6-7,9,12H,4-5,8,10H2,1-2H3,(H,17,20)(H,18,21). The Morgan fingerprint density at radius 2 is 1.91 bits per heavy atom. The van der Waals surface area contributed by atoms with E-state index in [4.69, 9.17) is 4.74 Å². The molecule has 1 aromatic rings. The Hall–Kier alpha value is -2.57. The largest absolute Gasteiger partial charge is 0.453 e. The first-order chi connectivity index (χ1) is 11.0. The molecular formula is C16H21N3O4. The lowest BCUT2D eigenvalue weighted by Crippen LogP contribution is -2.43. The van der Waals surface area contributed by atoms with Crippen LogP contribution in [0.15, 0.2) is 24.3 Å². The number of carbonyl (C=O) groups is 3. The van der Waals surface area contributed by atoms with Crippen molar-refractivity contribution in [1.82, 2.24) is 4.90 Å². The smallest absolute Gasteiger partial charge is 0.409 e. The fourth-order valence-corrected chi connectivity index (χ4v) is 2.61. The maximum atomic E-state index is 12.4. The SMILES string of the molecule is COC(=O)N1CCCC(C(=O)Nc2cccc(NC(C)=O)c2)C1. The Bertz CT molecular complexity index is 603. The number of amides is 3. The number of likely N-dealkylation sites (tertiary alicyclic amines) is 1. The molecule has 1 fully saturated rings. The van der Waals surface area contributed by atoms with Crippen LogP contribution in [-0.4, -0.2) is 43.0 Å². The number of ether oxygens (including phenoxy) is 1. The first kappa shape index (κ1) is 16.8. The van der Waals surface area contributed by atoms with Crippen LogP contribution in [0.25, 0.3) is 0 Å². The van der Waals surface area contributed by atoms with Crippen molar-refractivity contribution in [3.63, 3.8) is 0 Å². The summed E-state index contributed by atoms with van der Waals surface area (Å²) >= 11 is 0. The van der Waals surface area contributed by atoms with Crippen LogP contribution in [0.3, 0.4) is 0 Å². The van der Waals surface area contributed by atoms with Gasteiger partial charge in [0.1, 0.15) is 0 Å². The number of methoxy groups -OCH3 is 1. The maximum Gasteiger partial charge on any atom is 0.409 e. The molecule has 1 aliphatic heterocycles. The minimum atomic E-state index is -0.407. The van der Waals surface area contributed by atoms with E-state index in [0.717, 1.165) is 12.8 Å². The van der Waals surface area contributed by atoms with Crippen LogP contribution in [-0.2, 0) is 14.3 Å². The predicted octanol–water partition coefficient (Wildman–Crippen LogP) is 2.06. The van der Waals surface area contributed by atoms with Crippen molar-refractivity contribution in [1.29, 1.82) is 0 Å².